The van der Waals surface area contributed by atoms with Gasteiger partial charge in [0.2, 0.25) is 0 Å². The van der Waals surface area contributed by atoms with E-state index in [1.165, 1.54) is 18.3 Å². The summed E-state index contributed by atoms with van der Waals surface area (Å²) in [6, 6.07) is 8.81. The van der Waals surface area contributed by atoms with Crippen molar-refractivity contribution in [1.82, 2.24) is 10.3 Å². The first-order valence-corrected chi connectivity index (χ1v) is 6.52. The zero-order valence-electron chi connectivity index (χ0n) is 11.7. The van der Waals surface area contributed by atoms with Crippen LogP contribution in [0.25, 0.3) is 0 Å². The van der Waals surface area contributed by atoms with Crippen molar-refractivity contribution in [2.75, 3.05) is 5.32 Å². The monoisotopic (exact) mass is 309 g/mol. The van der Waals surface area contributed by atoms with Gasteiger partial charge in [-0.3, -0.25) is 5.32 Å². The second-order valence-corrected chi connectivity index (χ2v) is 4.65. The van der Waals surface area contributed by atoms with Gasteiger partial charge in [-0.05, 0) is 36.8 Å². The van der Waals surface area contributed by atoms with Gasteiger partial charge in [-0.25, -0.2) is 9.78 Å². The van der Waals surface area contributed by atoms with Gasteiger partial charge < -0.3 is 5.32 Å². The lowest BCUT2D eigenvalue weighted by molar-refractivity contribution is -0.137. The fraction of sp³-hybridized carbons (Fsp3) is 0.200. The van der Waals surface area contributed by atoms with Crippen molar-refractivity contribution >= 4 is 11.8 Å². The summed E-state index contributed by atoms with van der Waals surface area (Å²) in [7, 11) is 0. The number of anilines is 1. The van der Waals surface area contributed by atoms with Crippen molar-refractivity contribution in [2.45, 2.75) is 19.1 Å². The molecule has 0 bridgehead atoms. The third kappa shape index (κ3) is 4.21. The van der Waals surface area contributed by atoms with Crippen molar-refractivity contribution < 1.29 is 18.0 Å². The Balaban J connectivity index is 1.97. The first kappa shape index (κ1) is 15.8. The molecule has 0 saturated carbocycles. The number of halogens is 3. The maximum Gasteiger partial charge on any atom is 0.416 e. The van der Waals surface area contributed by atoms with E-state index in [9.17, 15) is 18.0 Å². The molecule has 2 aromatic rings. The van der Waals surface area contributed by atoms with E-state index in [1.807, 2.05) is 0 Å². The highest BCUT2D eigenvalue weighted by atomic mass is 19.4. The largest absolute Gasteiger partial charge is 0.416 e. The molecule has 2 N–H and O–H groups in total. The number of urea groups is 1. The smallest absolute Gasteiger partial charge is 0.331 e. The first-order chi connectivity index (χ1) is 10.4. The Labute approximate surface area is 125 Å². The van der Waals surface area contributed by atoms with Gasteiger partial charge in [0, 0.05) is 6.20 Å². The average Bonchev–Trinajstić information content (AvgIpc) is 2.47. The molecule has 0 aliphatic rings. The van der Waals surface area contributed by atoms with Crippen LogP contribution in [-0.4, -0.2) is 11.0 Å². The van der Waals surface area contributed by atoms with Crippen molar-refractivity contribution in [1.29, 1.82) is 0 Å². The van der Waals surface area contributed by atoms with Crippen molar-refractivity contribution in [3.05, 3.63) is 59.8 Å². The Bertz CT molecular complexity index is 627. The normalized spacial score (nSPS) is 12.5. The molecule has 2 amide bonds. The average molecular weight is 309 g/mol. The maximum atomic E-state index is 12.5. The number of hydrogen-bond acceptors (Lipinski definition) is 2. The standard InChI is InChI=1S/C15H14F3N3O/c1-10(11-5-7-12(8-6-11)15(16,17)18)20-14(22)21-13-4-2-3-9-19-13/h2-10H,1H3,(H2,19,20,21,22). The molecular formula is C15H14F3N3O. The Kier molecular flexibility index (Phi) is 4.65. The van der Waals surface area contributed by atoms with Gasteiger partial charge in [0.05, 0.1) is 11.6 Å². The van der Waals surface area contributed by atoms with Gasteiger partial charge in [-0.2, -0.15) is 13.2 Å². The Hall–Kier alpha value is -2.57. The van der Waals surface area contributed by atoms with Crippen LogP contribution in [0.2, 0.25) is 0 Å². The molecule has 1 heterocycles. The van der Waals surface area contributed by atoms with Crippen molar-refractivity contribution in [3.8, 4) is 0 Å². The highest BCUT2D eigenvalue weighted by molar-refractivity contribution is 5.88. The quantitative estimate of drug-likeness (QED) is 0.901. The van der Waals surface area contributed by atoms with E-state index in [2.05, 4.69) is 15.6 Å². The lowest BCUT2D eigenvalue weighted by atomic mass is 10.1. The maximum absolute atomic E-state index is 12.5. The Morgan fingerprint density at radius 1 is 1.14 bits per heavy atom. The summed E-state index contributed by atoms with van der Waals surface area (Å²) < 4.78 is 37.5. The minimum Gasteiger partial charge on any atom is -0.331 e. The Morgan fingerprint density at radius 2 is 1.82 bits per heavy atom. The highest BCUT2D eigenvalue weighted by Crippen LogP contribution is 2.29. The van der Waals surface area contributed by atoms with Crippen LogP contribution in [0, 0.1) is 0 Å². The van der Waals surface area contributed by atoms with Crippen LogP contribution >= 0.6 is 0 Å². The van der Waals surface area contributed by atoms with Crippen LogP contribution in [0.1, 0.15) is 24.1 Å². The van der Waals surface area contributed by atoms with E-state index in [4.69, 9.17) is 0 Å². The molecule has 0 radical (unpaired) electrons. The van der Waals surface area contributed by atoms with E-state index in [0.717, 1.165) is 12.1 Å². The number of nitrogens with one attached hydrogen (secondary N) is 2. The summed E-state index contributed by atoms with van der Waals surface area (Å²) in [4.78, 5) is 15.7. The molecule has 1 aromatic carbocycles. The molecule has 0 aliphatic heterocycles. The first-order valence-electron chi connectivity index (χ1n) is 6.52. The minimum atomic E-state index is -4.37. The fourth-order valence-corrected chi connectivity index (χ4v) is 1.83. The molecule has 0 spiro atoms. The fourth-order valence-electron chi connectivity index (χ4n) is 1.83. The van der Waals surface area contributed by atoms with Crippen LogP contribution in [0.15, 0.2) is 48.7 Å². The third-order valence-electron chi connectivity index (χ3n) is 2.99. The molecule has 4 nitrogen and oxygen atoms in total. The second kappa shape index (κ2) is 6.46. The molecule has 1 aromatic heterocycles. The summed E-state index contributed by atoms with van der Waals surface area (Å²) in [5.41, 5.74) is -0.148. The predicted molar refractivity (Wildman–Crippen MR) is 76.3 cm³/mol. The van der Waals surface area contributed by atoms with Gasteiger partial charge in [0.1, 0.15) is 5.82 Å². The van der Waals surface area contributed by atoms with Gasteiger partial charge in [-0.15, -0.1) is 0 Å². The van der Waals surface area contributed by atoms with Crippen LogP contribution in [0.3, 0.4) is 0 Å². The molecule has 2 rings (SSSR count). The lowest BCUT2D eigenvalue weighted by Crippen LogP contribution is -2.31. The predicted octanol–water partition coefficient (Wildman–Crippen LogP) is 3.98. The zero-order chi connectivity index (χ0) is 16.2. The summed E-state index contributed by atoms with van der Waals surface area (Å²) in [5, 5.41) is 5.17. The SMILES string of the molecule is CC(NC(=O)Nc1ccccn1)c1ccc(C(F)(F)F)cc1. The van der Waals surface area contributed by atoms with Crippen LogP contribution in [-0.2, 0) is 6.18 Å². The van der Waals surface area contributed by atoms with Crippen LogP contribution in [0.4, 0.5) is 23.8 Å². The topological polar surface area (TPSA) is 54.0 Å². The van der Waals surface area contributed by atoms with Gasteiger partial charge in [0.15, 0.2) is 0 Å². The van der Waals surface area contributed by atoms with Gasteiger partial charge >= 0.3 is 12.2 Å². The second-order valence-electron chi connectivity index (χ2n) is 4.65. The summed E-state index contributed by atoms with van der Waals surface area (Å²) >= 11 is 0. The molecule has 1 unspecified atom stereocenters. The molecule has 1 atom stereocenters. The third-order valence-corrected chi connectivity index (χ3v) is 2.99. The number of hydrogen-bond donors (Lipinski definition) is 2. The summed E-state index contributed by atoms with van der Waals surface area (Å²) in [6.07, 6.45) is -2.83. The number of nitrogens with zero attached hydrogens (tertiary/aromatic N) is 1. The van der Waals surface area contributed by atoms with Crippen LogP contribution in [0.5, 0.6) is 0 Å². The number of rotatable bonds is 3. The molecule has 7 heteroatoms. The molecule has 22 heavy (non-hydrogen) atoms. The number of carbonyl (C=O) groups is 1. The highest BCUT2D eigenvalue weighted by Gasteiger charge is 2.30. The van der Waals surface area contributed by atoms with E-state index >= 15 is 0 Å². The van der Waals surface area contributed by atoms with Crippen molar-refractivity contribution in [2.24, 2.45) is 0 Å². The number of pyridine rings is 1. The molecular weight excluding hydrogens is 295 g/mol. The van der Waals surface area contributed by atoms with Crippen LogP contribution < -0.4 is 10.6 Å². The number of amides is 2. The van der Waals surface area contributed by atoms with E-state index in [0.29, 0.717) is 11.4 Å². The van der Waals surface area contributed by atoms with E-state index < -0.39 is 23.8 Å². The summed E-state index contributed by atoms with van der Waals surface area (Å²) in [6.45, 7) is 1.68. The number of benzene rings is 1. The molecule has 0 aliphatic carbocycles. The molecule has 116 valence electrons. The number of carbonyl (C=O) groups excluding carboxylic acids is 1. The number of alkyl halides is 3. The number of aromatic nitrogens is 1. The summed E-state index contributed by atoms with van der Waals surface area (Å²) in [5.74, 6) is 0.389. The zero-order valence-corrected chi connectivity index (χ0v) is 11.7. The van der Waals surface area contributed by atoms with Gasteiger partial charge in [0.25, 0.3) is 0 Å². The van der Waals surface area contributed by atoms with Crippen molar-refractivity contribution in [3.63, 3.8) is 0 Å². The Morgan fingerprint density at radius 3 is 2.36 bits per heavy atom. The molecule has 0 fully saturated rings. The lowest BCUT2D eigenvalue weighted by Gasteiger charge is -2.15. The van der Waals surface area contributed by atoms with E-state index in [1.54, 1.807) is 25.1 Å². The van der Waals surface area contributed by atoms with E-state index in [-0.39, 0.29) is 0 Å². The molecule has 0 saturated heterocycles. The minimum absolute atomic E-state index is 0.389. The van der Waals surface area contributed by atoms with Gasteiger partial charge in [-0.1, -0.05) is 18.2 Å².